The highest BCUT2D eigenvalue weighted by molar-refractivity contribution is 7.81. The molecule has 0 radical (unpaired) electrons. The van der Waals surface area contributed by atoms with Crippen LogP contribution in [0.25, 0.3) is 0 Å². The second kappa shape index (κ2) is 4.79. The van der Waals surface area contributed by atoms with Crippen molar-refractivity contribution in [3.63, 3.8) is 0 Å². The van der Waals surface area contributed by atoms with E-state index in [9.17, 15) is 9.59 Å². The van der Waals surface area contributed by atoms with Gasteiger partial charge in [-0.15, -0.1) is 0 Å². The lowest BCUT2D eigenvalue weighted by Crippen LogP contribution is -2.04. The Morgan fingerprint density at radius 3 is 2.36 bits per heavy atom. The smallest absolute Gasteiger partial charge is 0.328 e. The molecule has 0 aromatic rings. The largest absolute Gasteiger partial charge is 0.481 e. The molecule has 0 amide bonds. The van der Waals surface area contributed by atoms with Crippen molar-refractivity contribution in [2.45, 2.75) is 11.7 Å². The Morgan fingerprint density at radius 2 is 2.00 bits per heavy atom. The number of carboxylic acids is 2. The van der Waals surface area contributed by atoms with Gasteiger partial charge in [-0.25, -0.2) is 4.79 Å². The Kier molecular flexibility index (Phi) is 4.36. The van der Waals surface area contributed by atoms with E-state index in [1.165, 1.54) is 6.08 Å². The molecule has 5 heteroatoms. The summed E-state index contributed by atoms with van der Waals surface area (Å²) in [4.78, 5) is 19.9. The fraction of sp³-hybridized carbons (Fsp3) is 0.333. The van der Waals surface area contributed by atoms with Gasteiger partial charge in [0.05, 0.1) is 6.42 Å². The first-order valence-electron chi connectivity index (χ1n) is 2.83. The predicted octanol–water partition coefficient (Wildman–Crippen LogP) is 0.400. The number of carbonyl (C=O) groups is 2. The average Bonchev–Trinajstić information content (AvgIpc) is 1.82. The molecule has 0 aromatic carbocycles. The van der Waals surface area contributed by atoms with Gasteiger partial charge in [-0.1, -0.05) is 6.08 Å². The third-order valence-electron chi connectivity index (χ3n) is 0.845. The number of hydrogen-bond donors (Lipinski definition) is 3. The summed E-state index contributed by atoms with van der Waals surface area (Å²) in [5, 5.41) is 15.8. The summed E-state index contributed by atoms with van der Waals surface area (Å²) in [5.41, 5.74) is 0. The summed E-state index contributed by atoms with van der Waals surface area (Å²) in [7, 11) is 0. The zero-order chi connectivity index (χ0) is 8.85. The van der Waals surface area contributed by atoms with E-state index in [-0.39, 0.29) is 6.42 Å². The van der Waals surface area contributed by atoms with E-state index < -0.39 is 17.2 Å². The molecule has 1 atom stereocenters. The first kappa shape index (κ1) is 10.0. The maximum atomic E-state index is 10.0. The Bertz CT molecular complexity index is 187. The third-order valence-corrected chi connectivity index (χ3v) is 1.20. The minimum absolute atomic E-state index is 0.174. The summed E-state index contributed by atoms with van der Waals surface area (Å²) in [5.74, 6) is -2.10. The van der Waals surface area contributed by atoms with Crippen molar-refractivity contribution in [1.82, 2.24) is 0 Å². The molecule has 0 saturated heterocycles. The fourth-order valence-electron chi connectivity index (χ4n) is 0.440. The molecule has 0 bridgehead atoms. The highest BCUT2D eigenvalue weighted by Crippen LogP contribution is 2.02. The molecule has 0 spiro atoms. The first-order chi connectivity index (χ1) is 5.02. The Balaban J connectivity index is 3.77. The normalized spacial score (nSPS) is 13.2. The van der Waals surface area contributed by atoms with Crippen molar-refractivity contribution in [1.29, 1.82) is 0 Å². The van der Waals surface area contributed by atoms with Gasteiger partial charge in [0.1, 0.15) is 0 Å². The Labute approximate surface area is 68.9 Å². The predicted molar refractivity (Wildman–Crippen MR) is 41.8 cm³/mol. The Hall–Kier alpha value is -0.970. The monoisotopic (exact) mass is 176 g/mol. The van der Waals surface area contributed by atoms with Crippen molar-refractivity contribution in [3.8, 4) is 0 Å². The summed E-state index contributed by atoms with van der Waals surface area (Å²) in [6, 6.07) is 0. The van der Waals surface area contributed by atoms with Crippen molar-refractivity contribution < 1.29 is 19.8 Å². The maximum absolute atomic E-state index is 10.0. The van der Waals surface area contributed by atoms with Gasteiger partial charge in [-0.3, -0.25) is 4.79 Å². The number of hydrogen-bond acceptors (Lipinski definition) is 3. The molecule has 0 fully saturated rings. The fourth-order valence-corrected chi connectivity index (χ4v) is 0.683. The van der Waals surface area contributed by atoms with E-state index in [2.05, 4.69) is 12.6 Å². The molecule has 4 nitrogen and oxygen atoms in total. The van der Waals surface area contributed by atoms with Crippen LogP contribution >= 0.6 is 12.6 Å². The highest BCUT2D eigenvalue weighted by atomic mass is 32.1. The van der Waals surface area contributed by atoms with E-state index in [0.29, 0.717) is 0 Å². The van der Waals surface area contributed by atoms with Crippen molar-refractivity contribution >= 4 is 24.6 Å². The van der Waals surface area contributed by atoms with Gasteiger partial charge < -0.3 is 10.2 Å². The molecular weight excluding hydrogens is 168 g/mol. The molecule has 0 aliphatic rings. The van der Waals surface area contributed by atoms with Crippen LogP contribution in [-0.4, -0.2) is 27.4 Å². The molecule has 0 aromatic heterocycles. The molecule has 0 aliphatic heterocycles. The molecule has 0 rings (SSSR count). The lowest BCUT2D eigenvalue weighted by Gasteiger charge is -1.97. The van der Waals surface area contributed by atoms with Crippen molar-refractivity contribution in [2.75, 3.05) is 0 Å². The van der Waals surface area contributed by atoms with Gasteiger partial charge in [0.2, 0.25) is 0 Å². The van der Waals surface area contributed by atoms with Crippen LogP contribution in [0.3, 0.4) is 0 Å². The SMILES string of the molecule is O=C(O)C=CC(S)CC(=O)O. The van der Waals surface area contributed by atoms with Crippen LogP contribution in [0.15, 0.2) is 12.2 Å². The van der Waals surface area contributed by atoms with Crippen LogP contribution in [0.4, 0.5) is 0 Å². The van der Waals surface area contributed by atoms with Gasteiger partial charge >= 0.3 is 11.9 Å². The van der Waals surface area contributed by atoms with Crippen molar-refractivity contribution in [2.24, 2.45) is 0 Å². The molecule has 1 unspecified atom stereocenters. The lowest BCUT2D eigenvalue weighted by molar-refractivity contribution is -0.137. The zero-order valence-electron chi connectivity index (χ0n) is 5.60. The molecule has 2 N–H and O–H groups in total. The second-order valence-corrected chi connectivity index (χ2v) is 2.53. The molecule has 11 heavy (non-hydrogen) atoms. The molecule has 62 valence electrons. The number of carboxylic acid groups (broad SMARTS) is 2. The quantitative estimate of drug-likeness (QED) is 0.428. The second-order valence-electron chi connectivity index (χ2n) is 1.86. The summed E-state index contributed by atoms with van der Waals surface area (Å²) in [6.07, 6.45) is 1.92. The number of thiol groups is 1. The first-order valence-corrected chi connectivity index (χ1v) is 3.35. The van der Waals surface area contributed by atoms with Crippen LogP contribution in [0, 0.1) is 0 Å². The van der Waals surface area contributed by atoms with Gasteiger partial charge in [0.25, 0.3) is 0 Å². The summed E-state index contributed by atoms with van der Waals surface area (Å²) < 4.78 is 0. The van der Waals surface area contributed by atoms with Crippen molar-refractivity contribution in [3.05, 3.63) is 12.2 Å². The minimum atomic E-state index is -1.10. The van der Waals surface area contributed by atoms with Gasteiger partial charge in [0.15, 0.2) is 0 Å². The molecule has 0 heterocycles. The average molecular weight is 176 g/mol. The van der Waals surface area contributed by atoms with E-state index in [0.717, 1.165) is 6.08 Å². The van der Waals surface area contributed by atoms with E-state index >= 15 is 0 Å². The van der Waals surface area contributed by atoms with Crippen LogP contribution in [0.5, 0.6) is 0 Å². The van der Waals surface area contributed by atoms with Crippen LogP contribution in [-0.2, 0) is 9.59 Å². The van der Waals surface area contributed by atoms with Crippen LogP contribution in [0.2, 0.25) is 0 Å². The summed E-state index contributed by atoms with van der Waals surface area (Å²) in [6.45, 7) is 0. The van der Waals surface area contributed by atoms with Gasteiger partial charge in [-0.2, -0.15) is 12.6 Å². The van der Waals surface area contributed by atoms with E-state index in [1.807, 2.05) is 0 Å². The molecule has 0 aliphatic carbocycles. The summed E-state index contributed by atoms with van der Waals surface area (Å²) >= 11 is 3.81. The molecule has 0 saturated carbocycles. The number of aliphatic carboxylic acids is 2. The third kappa shape index (κ3) is 6.92. The highest BCUT2D eigenvalue weighted by Gasteiger charge is 2.04. The van der Waals surface area contributed by atoms with Gasteiger partial charge in [0, 0.05) is 11.3 Å². The van der Waals surface area contributed by atoms with Gasteiger partial charge in [-0.05, 0) is 0 Å². The zero-order valence-corrected chi connectivity index (χ0v) is 6.49. The van der Waals surface area contributed by atoms with Crippen LogP contribution in [0.1, 0.15) is 6.42 Å². The van der Waals surface area contributed by atoms with Crippen LogP contribution < -0.4 is 0 Å². The van der Waals surface area contributed by atoms with E-state index in [4.69, 9.17) is 10.2 Å². The Morgan fingerprint density at radius 1 is 1.45 bits per heavy atom. The lowest BCUT2D eigenvalue weighted by atomic mass is 10.3. The van der Waals surface area contributed by atoms with E-state index in [1.54, 1.807) is 0 Å². The molecular formula is C6H8O4S. The minimum Gasteiger partial charge on any atom is -0.481 e. The maximum Gasteiger partial charge on any atom is 0.328 e. The topological polar surface area (TPSA) is 74.6 Å². The standard InChI is InChI=1S/C6H8O4S/c7-5(8)2-1-4(11)3-6(9)10/h1-2,4,11H,3H2,(H,7,8)(H,9,10). The number of rotatable bonds is 4.